The highest BCUT2D eigenvalue weighted by molar-refractivity contribution is 7.17. The van der Waals surface area contributed by atoms with E-state index in [1.54, 1.807) is 29.6 Å². The maximum atomic E-state index is 13.1. The number of aryl methyl sites for hydroxylation is 1. The maximum Gasteiger partial charge on any atom is 0.352 e. The second-order valence-corrected chi connectivity index (χ2v) is 8.27. The molecule has 3 heterocycles. The van der Waals surface area contributed by atoms with E-state index in [4.69, 9.17) is 16.3 Å². The standard InChI is InChI=1S/C20H20ClN5O4S/c1-3-4-8-24-18(28)17-14(7-9-31-17)26-19(24)23-25(20(26)29)11-16(27)22-13-10-12(21)5-6-15(13)30-2/h5-7,9-10H,3-4,8,11H2,1-2H3,(H,22,27). The van der Waals surface area contributed by atoms with Crippen molar-refractivity contribution in [2.45, 2.75) is 32.9 Å². The molecule has 1 N–H and O–H groups in total. The second kappa shape index (κ2) is 8.56. The molecule has 0 unspecified atom stereocenters. The number of nitrogens with zero attached hydrogens (tertiary/aromatic N) is 4. The van der Waals surface area contributed by atoms with Gasteiger partial charge in [-0.05, 0) is 36.1 Å². The van der Waals surface area contributed by atoms with Crippen LogP contribution >= 0.6 is 22.9 Å². The van der Waals surface area contributed by atoms with E-state index in [1.807, 2.05) is 6.92 Å². The molecule has 0 saturated heterocycles. The van der Waals surface area contributed by atoms with Gasteiger partial charge in [-0.15, -0.1) is 16.4 Å². The number of aromatic nitrogens is 4. The van der Waals surface area contributed by atoms with Gasteiger partial charge in [-0.2, -0.15) is 0 Å². The van der Waals surface area contributed by atoms with Crippen molar-refractivity contribution in [3.05, 3.63) is 55.5 Å². The summed E-state index contributed by atoms with van der Waals surface area (Å²) in [6.07, 6.45) is 1.65. The summed E-state index contributed by atoms with van der Waals surface area (Å²) in [7, 11) is 1.48. The summed E-state index contributed by atoms with van der Waals surface area (Å²) in [6, 6.07) is 6.55. The third kappa shape index (κ3) is 3.84. The number of anilines is 1. The molecule has 0 bridgehead atoms. The number of methoxy groups -OCH3 is 1. The van der Waals surface area contributed by atoms with Crippen molar-refractivity contribution in [2.75, 3.05) is 12.4 Å². The normalized spacial score (nSPS) is 11.3. The fraction of sp³-hybridized carbons (Fsp3) is 0.300. The van der Waals surface area contributed by atoms with E-state index in [2.05, 4.69) is 10.4 Å². The fourth-order valence-corrected chi connectivity index (χ4v) is 4.35. The van der Waals surface area contributed by atoms with E-state index >= 15 is 0 Å². The first kappa shape index (κ1) is 21.1. The zero-order valence-corrected chi connectivity index (χ0v) is 18.5. The number of benzene rings is 1. The SMILES string of the molecule is CCCCn1c(=O)c2sccc2n2c(=O)n(CC(=O)Nc3cc(Cl)ccc3OC)nc12. The van der Waals surface area contributed by atoms with Crippen LogP contribution in [-0.4, -0.2) is 31.8 Å². The number of hydrogen-bond acceptors (Lipinski definition) is 6. The van der Waals surface area contributed by atoms with E-state index in [9.17, 15) is 14.4 Å². The van der Waals surface area contributed by atoms with Crippen LogP contribution in [0.15, 0.2) is 39.2 Å². The molecule has 9 nitrogen and oxygen atoms in total. The molecule has 31 heavy (non-hydrogen) atoms. The third-order valence-corrected chi connectivity index (χ3v) is 5.98. The molecule has 0 aliphatic heterocycles. The van der Waals surface area contributed by atoms with Gasteiger partial charge < -0.3 is 10.1 Å². The summed E-state index contributed by atoms with van der Waals surface area (Å²) in [6.45, 7) is 2.13. The van der Waals surface area contributed by atoms with Crippen molar-refractivity contribution >= 4 is 50.5 Å². The smallest absolute Gasteiger partial charge is 0.352 e. The summed E-state index contributed by atoms with van der Waals surface area (Å²) in [5.74, 6) is 0.186. The molecule has 1 aromatic carbocycles. The first-order chi connectivity index (χ1) is 14.9. The van der Waals surface area contributed by atoms with Crippen LogP contribution in [-0.2, 0) is 17.9 Å². The van der Waals surface area contributed by atoms with Crippen LogP contribution in [0.25, 0.3) is 16.0 Å². The van der Waals surface area contributed by atoms with Crippen molar-refractivity contribution in [1.29, 1.82) is 0 Å². The van der Waals surface area contributed by atoms with Crippen LogP contribution in [0.3, 0.4) is 0 Å². The number of unbranched alkanes of at least 4 members (excludes halogenated alkanes) is 1. The lowest BCUT2D eigenvalue weighted by atomic mass is 10.3. The van der Waals surface area contributed by atoms with Crippen LogP contribution in [0.4, 0.5) is 5.69 Å². The monoisotopic (exact) mass is 461 g/mol. The number of fused-ring (bicyclic) bond motifs is 3. The van der Waals surface area contributed by atoms with Crippen molar-refractivity contribution < 1.29 is 9.53 Å². The Hall–Kier alpha value is -3.11. The van der Waals surface area contributed by atoms with Crippen LogP contribution in [0.5, 0.6) is 5.75 Å². The Labute approximate surface area is 185 Å². The zero-order chi connectivity index (χ0) is 22.1. The van der Waals surface area contributed by atoms with Gasteiger partial charge in [-0.1, -0.05) is 24.9 Å². The van der Waals surface area contributed by atoms with E-state index in [0.717, 1.165) is 17.5 Å². The van der Waals surface area contributed by atoms with Gasteiger partial charge in [0.15, 0.2) is 0 Å². The molecule has 4 aromatic rings. The first-order valence-electron chi connectivity index (χ1n) is 9.67. The summed E-state index contributed by atoms with van der Waals surface area (Å²) in [5.41, 5.74) is 0.205. The number of rotatable bonds is 7. The van der Waals surface area contributed by atoms with Crippen LogP contribution in [0.1, 0.15) is 19.8 Å². The fourth-order valence-electron chi connectivity index (χ4n) is 3.36. The predicted octanol–water partition coefficient (Wildman–Crippen LogP) is 2.97. The minimum Gasteiger partial charge on any atom is -0.495 e. The Morgan fingerprint density at radius 2 is 2.10 bits per heavy atom. The van der Waals surface area contributed by atoms with Crippen molar-refractivity contribution in [3.8, 4) is 5.75 Å². The van der Waals surface area contributed by atoms with Gasteiger partial charge in [0.2, 0.25) is 11.7 Å². The molecular weight excluding hydrogens is 442 g/mol. The van der Waals surface area contributed by atoms with Crippen LogP contribution in [0, 0.1) is 0 Å². The predicted molar refractivity (Wildman–Crippen MR) is 121 cm³/mol. The van der Waals surface area contributed by atoms with Crippen LogP contribution < -0.4 is 21.3 Å². The summed E-state index contributed by atoms with van der Waals surface area (Å²) in [5, 5.41) is 9.20. The molecule has 162 valence electrons. The Morgan fingerprint density at radius 3 is 2.84 bits per heavy atom. The quantitative estimate of drug-likeness (QED) is 0.456. The third-order valence-electron chi connectivity index (χ3n) is 4.85. The molecule has 4 rings (SSSR count). The molecule has 0 aliphatic rings. The highest BCUT2D eigenvalue weighted by Gasteiger charge is 2.19. The average molecular weight is 462 g/mol. The van der Waals surface area contributed by atoms with Gasteiger partial charge in [0.25, 0.3) is 5.56 Å². The molecule has 0 atom stereocenters. The van der Waals surface area contributed by atoms with Gasteiger partial charge >= 0.3 is 5.69 Å². The molecule has 0 saturated carbocycles. The number of halogens is 1. The van der Waals surface area contributed by atoms with Gasteiger partial charge in [0.05, 0.1) is 18.3 Å². The van der Waals surface area contributed by atoms with Gasteiger partial charge in [0, 0.05) is 11.6 Å². The number of amides is 1. The Kier molecular flexibility index (Phi) is 5.84. The zero-order valence-electron chi connectivity index (χ0n) is 16.9. The molecule has 11 heteroatoms. The summed E-state index contributed by atoms with van der Waals surface area (Å²) in [4.78, 5) is 38.6. The Morgan fingerprint density at radius 1 is 1.29 bits per heavy atom. The Bertz CT molecular complexity index is 1400. The molecule has 0 fully saturated rings. The highest BCUT2D eigenvalue weighted by atomic mass is 35.5. The first-order valence-corrected chi connectivity index (χ1v) is 10.9. The van der Waals surface area contributed by atoms with E-state index in [0.29, 0.717) is 33.2 Å². The molecule has 1 amide bonds. The van der Waals surface area contributed by atoms with Crippen molar-refractivity contribution in [1.82, 2.24) is 18.7 Å². The summed E-state index contributed by atoms with van der Waals surface area (Å²) >= 11 is 7.29. The molecule has 0 radical (unpaired) electrons. The van der Waals surface area contributed by atoms with Crippen LogP contribution in [0.2, 0.25) is 5.02 Å². The lowest BCUT2D eigenvalue weighted by Gasteiger charge is -2.10. The van der Waals surface area contributed by atoms with Crippen molar-refractivity contribution in [3.63, 3.8) is 0 Å². The average Bonchev–Trinajstić information content (AvgIpc) is 3.33. The second-order valence-electron chi connectivity index (χ2n) is 6.91. The largest absolute Gasteiger partial charge is 0.495 e. The van der Waals surface area contributed by atoms with Gasteiger partial charge in [-0.3, -0.25) is 14.2 Å². The highest BCUT2D eigenvalue weighted by Crippen LogP contribution is 2.27. The molecule has 3 aromatic heterocycles. The van der Waals surface area contributed by atoms with Gasteiger partial charge in [0.1, 0.15) is 17.0 Å². The lowest BCUT2D eigenvalue weighted by molar-refractivity contribution is -0.117. The van der Waals surface area contributed by atoms with E-state index in [-0.39, 0.29) is 17.9 Å². The number of thiophene rings is 1. The molecular formula is C20H20ClN5O4S. The van der Waals surface area contributed by atoms with E-state index < -0.39 is 11.6 Å². The lowest BCUT2D eigenvalue weighted by Crippen LogP contribution is -2.29. The minimum absolute atomic E-state index is 0.184. The number of ether oxygens (including phenoxy) is 1. The van der Waals surface area contributed by atoms with Crippen molar-refractivity contribution in [2.24, 2.45) is 0 Å². The topological polar surface area (TPSA) is 99.6 Å². The number of hydrogen-bond donors (Lipinski definition) is 1. The minimum atomic E-state index is -0.489. The molecule has 0 spiro atoms. The number of carbonyl (C=O) groups is 1. The Balaban J connectivity index is 1.74. The summed E-state index contributed by atoms with van der Waals surface area (Å²) < 4.78 is 9.65. The number of carbonyl (C=O) groups excluding carboxylic acids is 1. The molecule has 0 aliphatic carbocycles. The maximum absolute atomic E-state index is 13.1. The number of nitrogens with one attached hydrogen (secondary N) is 1. The van der Waals surface area contributed by atoms with Gasteiger partial charge in [-0.25, -0.2) is 13.9 Å². The van der Waals surface area contributed by atoms with E-state index in [1.165, 1.54) is 27.4 Å².